The van der Waals surface area contributed by atoms with Crippen LogP contribution in [0.4, 0.5) is 5.69 Å². The van der Waals surface area contributed by atoms with Crippen LogP contribution in [-0.4, -0.2) is 29.1 Å². The van der Waals surface area contributed by atoms with Crippen LogP contribution < -0.4 is 0 Å². The lowest BCUT2D eigenvalue weighted by atomic mass is 9.98. The van der Waals surface area contributed by atoms with E-state index in [1.165, 1.54) is 0 Å². The molecule has 0 unspecified atom stereocenters. The van der Waals surface area contributed by atoms with Gasteiger partial charge in [0.2, 0.25) is 0 Å². The minimum Gasteiger partial charge on any atom is -0.309 e. The molecule has 4 heterocycles. The molecule has 8 nitrogen and oxygen atoms in total. The fraction of sp³-hybridized carbons (Fsp3) is 0. The van der Waals surface area contributed by atoms with Crippen LogP contribution in [0.5, 0.6) is 0 Å². The number of nitriles is 1. The van der Waals surface area contributed by atoms with Crippen molar-refractivity contribution in [2.75, 3.05) is 0 Å². The number of hydrogen-bond acceptors (Lipinski definition) is 5. The van der Waals surface area contributed by atoms with Crippen molar-refractivity contribution in [2.24, 2.45) is 0 Å². The van der Waals surface area contributed by atoms with E-state index in [2.05, 4.69) is 129 Å². The van der Waals surface area contributed by atoms with Crippen LogP contribution in [0.2, 0.25) is 0 Å². The van der Waals surface area contributed by atoms with Crippen molar-refractivity contribution in [3.05, 3.63) is 248 Å². The van der Waals surface area contributed by atoms with E-state index in [9.17, 15) is 5.26 Å². The van der Waals surface area contributed by atoms with Crippen molar-refractivity contribution in [3.63, 3.8) is 0 Å². The number of hydrogen-bond donors (Lipinski definition) is 0. The molecule has 0 bridgehead atoms. The van der Waals surface area contributed by atoms with Gasteiger partial charge in [0.05, 0.1) is 57.8 Å². The highest BCUT2D eigenvalue weighted by Crippen LogP contribution is 2.44. The number of fused-ring (bicyclic) bond motifs is 6. The van der Waals surface area contributed by atoms with E-state index in [0.717, 1.165) is 105 Å². The molecule has 72 heavy (non-hydrogen) atoms. The summed E-state index contributed by atoms with van der Waals surface area (Å²) in [5.41, 5.74) is 15.4. The third-order valence-corrected chi connectivity index (χ3v) is 13.6. The molecule has 0 radical (unpaired) electrons. The highest BCUT2D eigenvalue weighted by atomic mass is 15.0. The summed E-state index contributed by atoms with van der Waals surface area (Å²) in [6.07, 6.45) is 3.81. The first-order valence-corrected chi connectivity index (χ1v) is 23.6. The maximum atomic E-state index is 10.1. The van der Waals surface area contributed by atoms with E-state index in [-0.39, 0.29) is 0 Å². The maximum Gasteiger partial charge on any atom is 0.194 e. The van der Waals surface area contributed by atoms with Crippen molar-refractivity contribution in [1.82, 2.24) is 29.1 Å². The Kier molecular flexibility index (Phi) is 10.1. The molecule has 13 aromatic rings. The Morgan fingerprint density at radius 2 is 0.875 bits per heavy atom. The molecule has 4 aromatic heterocycles. The fourth-order valence-electron chi connectivity index (χ4n) is 10.3. The SMILES string of the molecule is [C-]#[N+]c1ccccc1-c1ccc2c(c1)c1ccccc1n2-c1cnccc1-c1ccc(-c2nc(-c3ccccc3)nc(-c3ccccc3)n2)cc1-n1c2ccccc2c2cc(-c3ccccc3C#N)ccc21. The first-order chi connectivity index (χ1) is 35.6. The number of nitrogens with zero attached hydrogens (tertiary/aromatic N) is 8. The molecule has 0 aliphatic carbocycles. The number of benzene rings is 9. The van der Waals surface area contributed by atoms with Gasteiger partial charge in [-0.1, -0.05) is 164 Å². The van der Waals surface area contributed by atoms with E-state index < -0.39 is 0 Å². The van der Waals surface area contributed by atoms with Gasteiger partial charge in [-0.05, 0) is 76.9 Å². The zero-order valence-electron chi connectivity index (χ0n) is 38.5. The first kappa shape index (κ1) is 41.9. The molecule has 0 spiro atoms. The molecule has 0 amide bonds. The predicted molar refractivity (Wildman–Crippen MR) is 290 cm³/mol. The van der Waals surface area contributed by atoms with E-state index in [1.807, 2.05) is 122 Å². The quantitative estimate of drug-likeness (QED) is 0.142. The summed E-state index contributed by atoms with van der Waals surface area (Å²) in [7, 11) is 0. The number of para-hydroxylation sites is 3. The molecule has 0 atom stereocenters. The van der Waals surface area contributed by atoms with Gasteiger partial charge in [0, 0.05) is 55.6 Å². The highest BCUT2D eigenvalue weighted by molar-refractivity contribution is 6.13. The molecule has 13 rings (SSSR count). The number of aromatic nitrogens is 6. The zero-order valence-corrected chi connectivity index (χ0v) is 38.5. The molecule has 0 aliphatic heterocycles. The molecular formula is C64H38N8. The fourth-order valence-corrected chi connectivity index (χ4v) is 10.3. The van der Waals surface area contributed by atoms with Gasteiger partial charge in [0.15, 0.2) is 23.2 Å². The predicted octanol–water partition coefficient (Wildman–Crippen LogP) is 15.9. The lowest BCUT2D eigenvalue weighted by Crippen LogP contribution is -2.04. The van der Waals surface area contributed by atoms with Gasteiger partial charge in [-0.25, -0.2) is 19.8 Å². The standard InChI is InChI=1S/C64H38N8/c1-66-55-25-13-10-22-48(55)44-30-33-59-54(37-44)50-24-12-15-27-57(50)72(59)61-40-67-35-34-52(61)51-31-28-45(64-69-62(41-16-4-2-5-17-41)68-63(70-64)42-18-6-3-7-19-42)38-60(51)71-56-26-14-11-23-49(56)53-36-43(29-32-58(53)71)47-21-9-8-20-46(47)39-65/h2-38,40H. The van der Waals surface area contributed by atoms with E-state index in [4.69, 9.17) is 26.5 Å². The second-order valence-electron chi connectivity index (χ2n) is 17.6. The van der Waals surface area contributed by atoms with Crippen LogP contribution in [0, 0.1) is 17.9 Å². The molecule has 9 aromatic carbocycles. The van der Waals surface area contributed by atoms with Gasteiger partial charge in [-0.15, -0.1) is 0 Å². The molecule has 334 valence electrons. The van der Waals surface area contributed by atoms with E-state index in [1.54, 1.807) is 0 Å². The maximum absolute atomic E-state index is 10.1. The second-order valence-corrected chi connectivity index (χ2v) is 17.6. The average molecular weight is 919 g/mol. The number of pyridine rings is 1. The van der Waals surface area contributed by atoms with Gasteiger partial charge in [0.25, 0.3) is 0 Å². The van der Waals surface area contributed by atoms with Crippen molar-refractivity contribution >= 4 is 49.3 Å². The van der Waals surface area contributed by atoms with Crippen molar-refractivity contribution in [2.45, 2.75) is 0 Å². The van der Waals surface area contributed by atoms with Crippen molar-refractivity contribution in [3.8, 4) is 85.0 Å². The third-order valence-electron chi connectivity index (χ3n) is 13.6. The lowest BCUT2D eigenvalue weighted by molar-refractivity contribution is 1.07. The Morgan fingerprint density at radius 1 is 0.389 bits per heavy atom. The third kappa shape index (κ3) is 6.98. The van der Waals surface area contributed by atoms with Crippen molar-refractivity contribution < 1.29 is 0 Å². The summed E-state index contributed by atoms with van der Waals surface area (Å²) in [6, 6.07) is 76.6. The highest BCUT2D eigenvalue weighted by Gasteiger charge is 2.23. The minimum absolute atomic E-state index is 0.541. The van der Waals surface area contributed by atoms with E-state index >= 15 is 0 Å². The molecule has 8 heteroatoms. The van der Waals surface area contributed by atoms with Crippen LogP contribution >= 0.6 is 0 Å². The first-order valence-electron chi connectivity index (χ1n) is 23.6. The van der Waals surface area contributed by atoms with Crippen LogP contribution in [0.15, 0.2) is 231 Å². The molecule has 0 N–H and O–H groups in total. The molecule has 0 fully saturated rings. The Hall–Kier alpha value is -10.3. The summed E-state index contributed by atoms with van der Waals surface area (Å²) in [5.74, 6) is 1.70. The smallest absolute Gasteiger partial charge is 0.194 e. The second kappa shape index (κ2) is 17.4. The summed E-state index contributed by atoms with van der Waals surface area (Å²) >= 11 is 0. The van der Waals surface area contributed by atoms with Crippen LogP contribution in [0.25, 0.3) is 127 Å². The topological polar surface area (TPSA) is 89.6 Å². The summed E-state index contributed by atoms with van der Waals surface area (Å²) in [6.45, 7) is 7.91. The monoisotopic (exact) mass is 918 g/mol. The Morgan fingerprint density at radius 3 is 1.50 bits per heavy atom. The van der Waals surface area contributed by atoms with Gasteiger partial charge in [0.1, 0.15) is 0 Å². The van der Waals surface area contributed by atoms with Gasteiger partial charge in [-0.2, -0.15) is 5.26 Å². The largest absolute Gasteiger partial charge is 0.309 e. The van der Waals surface area contributed by atoms with E-state index in [0.29, 0.717) is 28.7 Å². The van der Waals surface area contributed by atoms with Gasteiger partial charge < -0.3 is 9.13 Å². The average Bonchev–Trinajstić information content (AvgIpc) is 3.97. The summed E-state index contributed by atoms with van der Waals surface area (Å²) in [5, 5.41) is 14.4. The minimum atomic E-state index is 0.541. The normalized spacial score (nSPS) is 11.3. The Balaban J connectivity index is 1.08. The Labute approximate surface area is 414 Å². The van der Waals surface area contributed by atoms with Crippen LogP contribution in [-0.2, 0) is 0 Å². The molecular weight excluding hydrogens is 881 g/mol. The lowest BCUT2D eigenvalue weighted by Gasteiger charge is -2.19. The van der Waals surface area contributed by atoms with Crippen LogP contribution in [0.3, 0.4) is 0 Å². The summed E-state index contributed by atoms with van der Waals surface area (Å²) in [4.78, 5) is 24.0. The molecule has 0 aliphatic rings. The Bertz CT molecular complexity index is 4310. The summed E-state index contributed by atoms with van der Waals surface area (Å²) < 4.78 is 4.66. The van der Waals surface area contributed by atoms with Gasteiger partial charge >= 0.3 is 0 Å². The molecule has 0 saturated carbocycles. The zero-order chi connectivity index (χ0) is 48.1. The van der Waals surface area contributed by atoms with Gasteiger partial charge in [-0.3, -0.25) is 4.98 Å². The van der Waals surface area contributed by atoms with Crippen LogP contribution in [0.1, 0.15) is 5.56 Å². The number of rotatable bonds is 8. The van der Waals surface area contributed by atoms with Crippen molar-refractivity contribution in [1.29, 1.82) is 5.26 Å². The molecule has 0 saturated heterocycles.